The van der Waals surface area contributed by atoms with Crippen molar-refractivity contribution in [2.45, 2.75) is 19.8 Å². The van der Waals surface area contributed by atoms with Crippen LogP contribution in [0.25, 0.3) is 5.69 Å². The molecular formula is C20H20ClN5O. The molecule has 0 spiro atoms. The highest BCUT2D eigenvalue weighted by Gasteiger charge is 2.20. The second-order valence-corrected chi connectivity index (χ2v) is 7.14. The summed E-state index contributed by atoms with van der Waals surface area (Å²) < 4.78 is 1.60. The van der Waals surface area contributed by atoms with Gasteiger partial charge >= 0.3 is 0 Å². The molecule has 0 saturated carbocycles. The number of aromatic nitrogens is 3. The van der Waals surface area contributed by atoms with Gasteiger partial charge in [-0.1, -0.05) is 29.3 Å². The van der Waals surface area contributed by atoms with Gasteiger partial charge < -0.3 is 10.2 Å². The van der Waals surface area contributed by atoms with Crippen molar-refractivity contribution < 1.29 is 4.79 Å². The first-order valence-electron chi connectivity index (χ1n) is 8.89. The topological polar surface area (TPSA) is 63.1 Å². The number of halogens is 1. The van der Waals surface area contributed by atoms with Gasteiger partial charge in [-0.25, -0.2) is 9.67 Å². The van der Waals surface area contributed by atoms with Crippen molar-refractivity contribution in [2.24, 2.45) is 0 Å². The van der Waals surface area contributed by atoms with Crippen LogP contribution in [0.2, 0.25) is 5.02 Å². The molecule has 0 aliphatic carbocycles. The Hall–Kier alpha value is -2.86. The molecule has 138 valence electrons. The Kier molecular flexibility index (Phi) is 4.81. The Morgan fingerprint density at radius 3 is 2.89 bits per heavy atom. The lowest BCUT2D eigenvalue weighted by molar-refractivity contribution is -0.115. The third kappa shape index (κ3) is 3.80. The number of benzene rings is 2. The van der Waals surface area contributed by atoms with Crippen LogP contribution in [0.15, 0.2) is 49.1 Å². The van der Waals surface area contributed by atoms with E-state index in [4.69, 9.17) is 11.6 Å². The first-order chi connectivity index (χ1) is 13.1. The fourth-order valence-corrected chi connectivity index (χ4v) is 3.64. The summed E-state index contributed by atoms with van der Waals surface area (Å²) in [7, 11) is 0. The Balaban J connectivity index is 1.54. The van der Waals surface area contributed by atoms with Crippen LogP contribution in [0.3, 0.4) is 0 Å². The average Bonchev–Trinajstić information content (AvgIpc) is 3.16. The van der Waals surface area contributed by atoms with Crippen molar-refractivity contribution in [2.75, 3.05) is 23.3 Å². The number of hydrogen-bond acceptors (Lipinski definition) is 4. The lowest BCUT2D eigenvalue weighted by atomic mass is 9.99. The van der Waals surface area contributed by atoms with E-state index < -0.39 is 0 Å². The van der Waals surface area contributed by atoms with Crippen molar-refractivity contribution in [1.82, 2.24) is 14.8 Å². The molecule has 0 saturated heterocycles. The van der Waals surface area contributed by atoms with E-state index in [0.717, 1.165) is 30.8 Å². The second kappa shape index (κ2) is 7.40. The fraction of sp³-hybridized carbons (Fsp3) is 0.250. The summed E-state index contributed by atoms with van der Waals surface area (Å²) in [5.74, 6) is -0.0907. The standard InChI is InChI=1S/C20H20ClN5O/c1-14-4-6-18-15(9-14)3-2-8-25(18)11-20(27)24-17-10-16(21)5-7-19(17)26-13-22-12-23-26/h4-7,9-10,12-13H,2-3,8,11H2,1H3,(H,24,27). The number of hydrogen-bond donors (Lipinski definition) is 1. The van der Waals surface area contributed by atoms with Gasteiger partial charge in [0, 0.05) is 17.3 Å². The molecule has 0 radical (unpaired) electrons. The number of carbonyl (C=O) groups is 1. The molecule has 1 N–H and O–H groups in total. The first kappa shape index (κ1) is 17.5. The summed E-state index contributed by atoms with van der Waals surface area (Å²) in [6, 6.07) is 11.7. The van der Waals surface area contributed by atoms with Crippen LogP contribution in [0.1, 0.15) is 17.5 Å². The van der Waals surface area contributed by atoms with Gasteiger partial charge in [0.2, 0.25) is 5.91 Å². The van der Waals surface area contributed by atoms with Crippen molar-refractivity contribution in [3.63, 3.8) is 0 Å². The molecule has 2 heterocycles. The maximum Gasteiger partial charge on any atom is 0.243 e. The van der Waals surface area contributed by atoms with Gasteiger partial charge in [0.25, 0.3) is 0 Å². The minimum Gasteiger partial charge on any atom is -0.362 e. The van der Waals surface area contributed by atoms with E-state index in [1.54, 1.807) is 23.1 Å². The number of carbonyl (C=O) groups excluding carboxylic acids is 1. The molecule has 7 heteroatoms. The lowest BCUT2D eigenvalue weighted by Crippen LogP contribution is -2.37. The number of anilines is 2. The van der Waals surface area contributed by atoms with E-state index >= 15 is 0 Å². The number of fused-ring (bicyclic) bond motifs is 1. The molecule has 27 heavy (non-hydrogen) atoms. The molecule has 2 aromatic carbocycles. The molecule has 1 aromatic heterocycles. The average molecular weight is 382 g/mol. The van der Waals surface area contributed by atoms with Crippen LogP contribution >= 0.6 is 11.6 Å². The van der Waals surface area contributed by atoms with Crippen molar-refractivity contribution in [3.05, 3.63) is 65.2 Å². The smallest absolute Gasteiger partial charge is 0.243 e. The Labute approximate surface area is 162 Å². The SMILES string of the molecule is Cc1ccc2c(c1)CCCN2CC(=O)Nc1cc(Cl)ccc1-n1cncn1. The van der Waals surface area contributed by atoms with Crippen LogP contribution < -0.4 is 10.2 Å². The molecule has 4 rings (SSSR count). The highest BCUT2D eigenvalue weighted by atomic mass is 35.5. The second-order valence-electron chi connectivity index (χ2n) is 6.71. The predicted molar refractivity (Wildman–Crippen MR) is 107 cm³/mol. The van der Waals surface area contributed by atoms with Gasteiger partial charge in [-0.2, -0.15) is 5.10 Å². The molecule has 1 aliphatic rings. The zero-order chi connectivity index (χ0) is 18.8. The van der Waals surface area contributed by atoms with Gasteiger partial charge in [-0.15, -0.1) is 0 Å². The highest BCUT2D eigenvalue weighted by Crippen LogP contribution is 2.28. The molecule has 1 aliphatic heterocycles. The maximum atomic E-state index is 12.7. The van der Waals surface area contributed by atoms with Crippen LogP contribution in [-0.4, -0.2) is 33.8 Å². The summed E-state index contributed by atoms with van der Waals surface area (Å²) in [5.41, 5.74) is 5.03. The van der Waals surface area contributed by atoms with Crippen LogP contribution in [0, 0.1) is 6.92 Å². The molecule has 0 unspecified atom stereocenters. The Bertz CT molecular complexity index is 971. The minimum absolute atomic E-state index is 0.0907. The molecule has 3 aromatic rings. The van der Waals surface area contributed by atoms with E-state index in [1.165, 1.54) is 17.5 Å². The van der Waals surface area contributed by atoms with Crippen molar-refractivity contribution in [3.8, 4) is 5.69 Å². The van der Waals surface area contributed by atoms with Gasteiger partial charge in [0.1, 0.15) is 12.7 Å². The number of rotatable bonds is 4. The maximum absolute atomic E-state index is 12.7. The summed E-state index contributed by atoms with van der Waals surface area (Å²) in [6.45, 7) is 3.26. The normalized spacial score (nSPS) is 13.3. The van der Waals surface area contributed by atoms with Gasteiger partial charge in [-0.3, -0.25) is 4.79 Å². The number of amides is 1. The monoisotopic (exact) mass is 381 g/mol. The minimum atomic E-state index is -0.0907. The third-order valence-corrected chi connectivity index (χ3v) is 4.92. The van der Waals surface area contributed by atoms with E-state index in [9.17, 15) is 4.79 Å². The van der Waals surface area contributed by atoms with E-state index in [-0.39, 0.29) is 5.91 Å². The molecule has 6 nitrogen and oxygen atoms in total. The largest absolute Gasteiger partial charge is 0.362 e. The molecule has 0 fully saturated rings. The summed E-state index contributed by atoms with van der Waals surface area (Å²) in [4.78, 5) is 18.8. The molecule has 0 bridgehead atoms. The van der Waals surface area contributed by atoms with Gasteiger partial charge in [0.15, 0.2) is 0 Å². The van der Waals surface area contributed by atoms with Gasteiger partial charge in [-0.05, 0) is 49.6 Å². The van der Waals surface area contributed by atoms with Crippen LogP contribution in [-0.2, 0) is 11.2 Å². The summed E-state index contributed by atoms with van der Waals surface area (Å²) >= 11 is 6.13. The fourth-order valence-electron chi connectivity index (χ4n) is 3.47. The number of nitrogens with one attached hydrogen (secondary N) is 1. The quantitative estimate of drug-likeness (QED) is 0.749. The Morgan fingerprint density at radius 1 is 1.22 bits per heavy atom. The van der Waals surface area contributed by atoms with Crippen LogP contribution in [0.4, 0.5) is 11.4 Å². The molecule has 1 amide bonds. The van der Waals surface area contributed by atoms with E-state index in [0.29, 0.717) is 17.3 Å². The molecular weight excluding hydrogens is 362 g/mol. The van der Waals surface area contributed by atoms with E-state index in [2.05, 4.69) is 45.4 Å². The predicted octanol–water partition coefficient (Wildman–Crippen LogP) is 3.62. The Morgan fingerprint density at radius 2 is 2.07 bits per heavy atom. The zero-order valence-corrected chi connectivity index (χ0v) is 15.8. The number of aryl methyl sites for hydroxylation is 2. The van der Waals surface area contributed by atoms with Crippen LogP contribution in [0.5, 0.6) is 0 Å². The third-order valence-electron chi connectivity index (χ3n) is 4.68. The summed E-state index contributed by atoms with van der Waals surface area (Å²) in [6.07, 6.45) is 5.14. The summed E-state index contributed by atoms with van der Waals surface area (Å²) in [5, 5.41) is 7.66. The van der Waals surface area contributed by atoms with Crippen molar-refractivity contribution in [1.29, 1.82) is 0 Å². The lowest BCUT2D eigenvalue weighted by Gasteiger charge is -2.31. The number of nitrogens with zero attached hydrogens (tertiary/aromatic N) is 4. The first-order valence-corrected chi connectivity index (χ1v) is 9.27. The highest BCUT2D eigenvalue weighted by molar-refractivity contribution is 6.31. The van der Waals surface area contributed by atoms with E-state index in [1.807, 2.05) is 6.07 Å². The molecule has 0 atom stereocenters. The van der Waals surface area contributed by atoms with Crippen molar-refractivity contribution >= 4 is 28.9 Å². The van der Waals surface area contributed by atoms with Gasteiger partial charge in [0.05, 0.1) is 17.9 Å². The zero-order valence-electron chi connectivity index (χ0n) is 15.0.